The van der Waals surface area contributed by atoms with E-state index in [-0.39, 0.29) is 24.4 Å². The first-order chi connectivity index (χ1) is 11.3. The summed E-state index contributed by atoms with van der Waals surface area (Å²) in [6, 6.07) is 5.39. The third-order valence-corrected chi connectivity index (χ3v) is 5.06. The van der Waals surface area contributed by atoms with E-state index in [9.17, 15) is 14.7 Å². The Hall–Kier alpha value is -1.30. The number of benzene rings is 1. The number of hydrogen-bond acceptors (Lipinski definition) is 3. The van der Waals surface area contributed by atoms with E-state index in [1.165, 1.54) is 4.90 Å². The molecule has 2 amide bonds. The SMILES string of the molecule is CCN1CC(C(=O)NC(C)CCc2ccc(Cl)c(Cl)c2)[C@@H](O)C1=O. The van der Waals surface area contributed by atoms with Crippen LogP contribution in [0.2, 0.25) is 10.0 Å². The zero-order chi connectivity index (χ0) is 17.9. The Morgan fingerprint density at radius 3 is 2.71 bits per heavy atom. The highest BCUT2D eigenvalue weighted by Gasteiger charge is 2.42. The van der Waals surface area contributed by atoms with E-state index in [0.717, 1.165) is 18.4 Å². The number of nitrogens with one attached hydrogen (secondary N) is 1. The molecular formula is C17H22Cl2N2O3. The number of aliphatic hydroxyl groups excluding tert-OH is 1. The van der Waals surface area contributed by atoms with Crippen LogP contribution in [0.15, 0.2) is 18.2 Å². The van der Waals surface area contributed by atoms with Crippen LogP contribution < -0.4 is 5.32 Å². The number of aryl methyl sites for hydroxylation is 1. The predicted octanol–water partition coefficient (Wildman–Crippen LogP) is 2.27. The molecule has 132 valence electrons. The molecule has 0 spiro atoms. The molecule has 0 aliphatic carbocycles. The standard InChI is InChI=1S/C17H22Cl2N2O3/c1-3-21-9-12(15(22)17(21)24)16(23)20-10(2)4-5-11-6-7-13(18)14(19)8-11/h6-8,10,12,15,22H,3-5,9H2,1-2H3,(H,20,23)/t10?,12?,15-/m1/s1. The lowest BCUT2D eigenvalue weighted by Gasteiger charge is -2.18. The number of aliphatic hydroxyl groups is 1. The lowest BCUT2D eigenvalue weighted by Crippen LogP contribution is -2.42. The van der Waals surface area contributed by atoms with Gasteiger partial charge in [0.15, 0.2) is 0 Å². The smallest absolute Gasteiger partial charge is 0.252 e. The molecule has 3 atom stereocenters. The number of rotatable bonds is 6. The normalized spacial score (nSPS) is 21.9. The number of likely N-dealkylation sites (N-methyl/N-ethyl adjacent to an activating group) is 1. The van der Waals surface area contributed by atoms with Crippen LogP contribution in [0.25, 0.3) is 0 Å². The maximum atomic E-state index is 12.3. The molecule has 1 aromatic rings. The van der Waals surface area contributed by atoms with Gasteiger partial charge in [0.05, 0.1) is 16.0 Å². The van der Waals surface area contributed by atoms with Gasteiger partial charge in [0.25, 0.3) is 5.91 Å². The summed E-state index contributed by atoms with van der Waals surface area (Å²) >= 11 is 11.9. The quantitative estimate of drug-likeness (QED) is 0.804. The Balaban J connectivity index is 1.85. The monoisotopic (exact) mass is 372 g/mol. The molecule has 2 unspecified atom stereocenters. The minimum atomic E-state index is -1.24. The summed E-state index contributed by atoms with van der Waals surface area (Å²) < 4.78 is 0. The van der Waals surface area contributed by atoms with E-state index < -0.39 is 12.0 Å². The highest BCUT2D eigenvalue weighted by atomic mass is 35.5. The Labute approximate surface area is 151 Å². The molecule has 0 radical (unpaired) electrons. The molecule has 2 rings (SSSR count). The van der Waals surface area contributed by atoms with Crippen LogP contribution in [-0.2, 0) is 16.0 Å². The fourth-order valence-corrected chi connectivity index (χ4v) is 3.12. The number of carbonyl (C=O) groups excluding carboxylic acids is 2. The first-order valence-electron chi connectivity index (χ1n) is 8.04. The Morgan fingerprint density at radius 2 is 2.12 bits per heavy atom. The summed E-state index contributed by atoms with van der Waals surface area (Å²) in [5.41, 5.74) is 1.04. The third-order valence-electron chi connectivity index (χ3n) is 4.32. The van der Waals surface area contributed by atoms with Crippen molar-refractivity contribution in [1.82, 2.24) is 10.2 Å². The zero-order valence-corrected chi connectivity index (χ0v) is 15.3. The molecule has 1 fully saturated rings. The minimum Gasteiger partial charge on any atom is -0.382 e. The summed E-state index contributed by atoms with van der Waals surface area (Å²) in [6.07, 6.45) is 0.219. The number of carbonyl (C=O) groups is 2. The van der Waals surface area contributed by atoms with Crippen molar-refractivity contribution in [3.63, 3.8) is 0 Å². The first-order valence-corrected chi connectivity index (χ1v) is 8.80. The van der Waals surface area contributed by atoms with Crippen molar-refractivity contribution in [3.05, 3.63) is 33.8 Å². The van der Waals surface area contributed by atoms with Crippen molar-refractivity contribution in [2.45, 2.75) is 38.8 Å². The van der Waals surface area contributed by atoms with Crippen LogP contribution in [-0.4, -0.2) is 47.1 Å². The van der Waals surface area contributed by atoms with Gasteiger partial charge in [0.2, 0.25) is 5.91 Å². The van der Waals surface area contributed by atoms with Crippen LogP contribution in [0.4, 0.5) is 0 Å². The van der Waals surface area contributed by atoms with Gasteiger partial charge in [-0.05, 0) is 44.4 Å². The fourth-order valence-electron chi connectivity index (χ4n) is 2.80. The summed E-state index contributed by atoms with van der Waals surface area (Å²) in [5.74, 6) is -1.36. The van der Waals surface area contributed by atoms with Crippen molar-refractivity contribution >= 4 is 35.0 Å². The number of amides is 2. The first kappa shape index (κ1) is 19.0. The van der Waals surface area contributed by atoms with E-state index >= 15 is 0 Å². The van der Waals surface area contributed by atoms with Gasteiger partial charge in [-0.15, -0.1) is 0 Å². The molecule has 1 aliphatic heterocycles. The molecule has 0 bridgehead atoms. The largest absolute Gasteiger partial charge is 0.382 e. The van der Waals surface area contributed by atoms with Gasteiger partial charge < -0.3 is 15.3 Å². The highest BCUT2D eigenvalue weighted by molar-refractivity contribution is 6.42. The second-order valence-electron chi connectivity index (χ2n) is 6.12. The van der Waals surface area contributed by atoms with Crippen LogP contribution in [0, 0.1) is 5.92 Å². The van der Waals surface area contributed by atoms with Crippen molar-refractivity contribution in [1.29, 1.82) is 0 Å². The summed E-state index contributed by atoms with van der Waals surface area (Å²) in [5, 5.41) is 13.8. The third kappa shape index (κ3) is 4.41. The van der Waals surface area contributed by atoms with Gasteiger partial charge in [-0.2, -0.15) is 0 Å². The topological polar surface area (TPSA) is 69.6 Å². The maximum absolute atomic E-state index is 12.3. The summed E-state index contributed by atoms with van der Waals surface area (Å²) in [4.78, 5) is 25.6. The maximum Gasteiger partial charge on any atom is 0.252 e. The van der Waals surface area contributed by atoms with Crippen LogP contribution in [0.5, 0.6) is 0 Å². The Morgan fingerprint density at radius 1 is 1.42 bits per heavy atom. The summed E-state index contributed by atoms with van der Waals surface area (Å²) in [7, 11) is 0. The van der Waals surface area contributed by atoms with Crippen molar-refractivity contribution in [2.75, 3.05) is 13.1 Å². The Kier molecular flexibility index (Phi) is 6.49. The van der Waals surface area contributed by atoms with E-state index in [1.54, 1.807) is 6.07 Å². The van der Waals surface area contributed by atoms with Crippen LogP contribution in [0.3, 0.4) is 0 Å². The molecule has 1 heterocycles. The van der Waals surface area contributed by atoms with E-state index in [1.807, 2.05) is 26.0 Å². The Bertz CT molecular complexity index is 624. The molecule has 2 N–H and O–H groups in total. The van der Waals surface area contributed by atoms with Gasteiger partial charge >= 0.3 is 0 Å². The zero-order valence-electron chi connectivity index (χ0n) is 13.8. The van der Waals surface area contributed by atoms with Crippen molar-refractivity contribution in [2.24, 2.45) is 5.92 Å². The van der Waals surface area contributed by atoms with Gasteiger partial charge in [0.1, 0.15) is 6.10 Å². The van der Waals surface area contributed by atoms with Gasteiger partial charge in [-0.25, -0.2) is 0 Å². The fraction of sp³-hybridized carbons (Fsp3) is 0.529. The van der Waals surface area contributed by atoms with Gasteiger partial charge in [0, 0.05) is 19.1 Å². The molecule has 0 aromatic heterocycles. The number of hydrogen-bond donors (Lipinski definition) is 2. The molecule has 0 saturated carbocycles. The van der Waals surface area contributed by atoms with E-state index in [0.29, 0.717) is 16.6 Å². The van der Waals surface area contributed by atoms with Gasteiger partial charge in [-0.1, -0.05) is 29.3 Å². The van der Waals surface area contributed by atoms with E-state index in [4.69, 9.17) is 23.2 Å². The lowest BCUT2D eigenvalue weighted by atomic mass is 10.0. The summed E-state index contributed by atoms with van der Waals surface area (Å²) in [6.45, 7) is 4.48. The molecule has 1 aromatic carbocycles. The average Bonchev–Trinajstić information content (AvgIpc) is 2.84. The van der Waals surface area contributed by atoms with Crippen LogP contribution >= 0.6 is 23.2 Å². The highest BCUT2D eigenvalue weighted by Crippen LogP contribution is 2.23. The molecule has 5 nitrogen and oxygen atoms in total. The van der Waals surface area contributed by atoms with Crippen LogP contribution in [0.1, 0.15) is 25.8 Å². The van der Waals surface area contributed by atoms with Crippen molar-refractivity contribution < 1.29 is 14.7 Å². The predicted molar refractivity (Wildman–Crippen MR) is 94.1 cm³/mol. The number of halogens is 2. The molecular weight excluding hydrogens is 351 g/mol. The van der Waals surface area contributed by atoms with E-state index in [2.05, 4.69) is 5.32 Å². The second kappa shape index (κ2) is 8.19. The molecule has 7 heteroatoms. The van der Waals surface area contributed by atoms with Gasteiger partial charge in [-0.3, -0.25) is 9.59 Å². The molecule has 1 saturated heterocycles. The molecule has 1 aliphatic rings. The second-order valence-corrected chi connectivity index (χ2v) is 6.94. The van der Waals surface area contributed by atoms with Crippen molar-refractivity contribution in [3.8, 4) is 0 Å². The number of likely N-dealkylation sites (tertiary alicyclic amines) is 1. The average molecular weight is 373 g/mol. The minimum absolute atomic E-state index is 0.0788. The molecule has 24 heavy (non-hydrogen) atoms. The lowest BCUT2D eigenvalue weighted by molar-refractivity contribution is -0.137. The number of nitrogens with zero attached hydrogens (tertiary/aromatic N) is 1.